The maximum Gasteiger partial charge on any atom is 0.408 e. The molecule has 0 fully saturated rings. The molecule has 138 valence electrons. The molecule has 0 aromatic heterocycles. The molecule has 0 bridgehead atoms. The van der Waals surface area contributed by atoms with Crippen molar-refractivity contribution in [3.8, 4) is 5.75 Å². The first-order chi connectivity index (χ1) is 11.7. The molecule has 25 heavy (non-hydrogen) atoms. The number of carbonyl (C=O) groups is 3. The predicted octanol–water partition coefficient (Wildman–Crippen LogP) is 2.72. The molecule has 7 nitrogen and oxygen atoms in total. The number of rotatable bonds is 7. The van der Waals surface area contributed by atoms with Gasteiger partial charge in [0.15, 0.2) is 5.78 Å². The van der Waals surface area contributed by atoms with Crippen molar-refractivity contribution in [1.29, 1.82) is 0 Å². The Balaban J connectivity index is 2.67. The van der Waals surface area contributed by atoms with E-state index in [1.165, 1.54) is 7.11 Å². The monoisotopic (exact) mass is 351 g/mol. The van der Waals surface area contributed by atoms with Crippen LogP contribution in [0.3, 0.4) is 0 Å². The highest BCUT2D eigenvalue weighted by Gasteiger charge is 2.25. The fourth-order valence-corrected chi connectivity index (χ4v) is 2.04. The molecule has 1 aromatic rings. The first-order valence-corrected chi connectivity index (χ1v) is 7.91. The van der Waals surface area contributed by atoms with E-state index in [1.807, 2.05) is 0 Å². The van der Waals surface area contributed by atoms with Crippen molar-refractivity contribution in [3.63, 3.8) is 0 Å². The van der Waals surface area contributed by atoms with Crippen molar-refractivity contribution in [1.82, 2.24) is 5.32 Å². The Labute approximate surface area is 147 Å². The number of ketones is 1. The summed E-state index contributed by atoms with van der Waals surface area (Å²) in [6, 6.07) is 5.71. The smallest absolute Gasteiger partial charge is 0.408 e. The zero-order valence-corrected chi connectivity index (χ0v) is 15.3. The van der Waals surface area contributed by atoms with E-state index in [0.717, 1.165) is 0 Å². The lowest BCUT2D eigenvalue weighted by atomic mass is 10.0. The molecule has 0 aliphatic carbocycles. The van der Waals surface area contributed by atoms with Gasteiger partial charge in [0.25, 0.3) is 0 Å². The van der Waals surface area contributed by atoms with Gasteiger partial charge in [-0.15, -0.1) is 0 Å². The van der Waals surface area contributed by atoms with Gasteiger partial charge in [-0.2, -0.15) is 0 Å². The third kappa shape index (κ3) is 7.24. The topological polar surface area (TPSA) is 90.9 Å². The number of hydrogen-bond acceptors (Lipinski definition) is 6. The number of amides is 1. The Bertz CT molecular complexity index is 603. The first kappa shape index (κ1) is 20.5. The van der Waals surface area contributed by atoms with Crippen molar-refractivity contribution in [2.45, 2.75) is 45.3 Å². The maximum absolute atomic E-state index is 12.2. The predicted molar refractivity (Wildman–Crippen MR) is 91.7 cm³/mol. The Morgan fingerprint density at radius 2 is 1.68 bits per heavy atom. The van der Waals surface area contributed by atoms with E-state index in [9.17, 15) is 14.4 Å². The van der Waals surface area contributed by atoms with Gasteiger partial charge in [0.1, 0.15) is 17.4 Å². The number of benzene rings is 1. The summed E-state index contributed by atoms with van der Waals surface area (Å²) in [7, 11) is 2.76. The number of methoxy groups -OCH3 is 2. The molecule has 7 heteroatoms. The van der Waals surface area contributed by atoms with Gasteiger partial charge in [-0.25, -0.2) is 9.59 Å². The van der Waals surface area contributed by atoms with E-state index in [-0.39, 0.29) is 18.6 Å². The lowest BCUT2D eigenvalue weighted by Crippen LogP contribution is -2.44. The lowest BCUT2D eigenvalue weighted by molar-refractivity contribution is -0.143. The van der Waals surface area contributed by atoms with Crippen molar-refractivity contribution in [3.05, 3.63) is 29.8 Å². The number of alkyl carbamates (subject to hydrolysis) is 1. The molecule has 0 heterocycles. The van der Waals surface area contributed by atoms with Gasteiger partial charge in [0, 0.05) is 12.0 Å². The van der Waals surface area contributed by atoms with Crippen LogP contribution in [0.1, 0.15) is 44.0 Å². The minimum absolute atomic E-state index is 0.0713. The van der Waals surface area contributed by atoms with Crippen LogP contribution in [0.5, 0.6) is 5.75 Å². The molecule has 1 unspecified atom stereocenters. The summed E-state index contributed by atoms with van der Waals surface area (Å²) >= 11 is 0. The van der Waals surface area contributed by atoms with Crippen LogP contribution >= 0.6 is 0 Å². The van der Waals surface area contributed by atoms with Crippen LogP contribution in [-0.4, -0.2) is 43.7 Å². The maximum atomic E-state index is 12.2. The third-order valence-corrected chi connectivity index (χ3v) is 3.25. The van der Waals surface area contributed by atoms with E-state index in [0.29, 0.717) is 11.3 Å². The second kappa shape index (κ2) is 9.05. The molecule has 1 aromatic carbocycles. The van der Waals surface area contributed by atoms with Gasteiger partial charge < -0.3 is 19.5 Å². The fraction of sp³-hybridized carbons (Fsp3) is 0.500. The molecule has 1 atom stereocenters. The number of hydrogen-bond donors (Lipinski definition) is 1. The van der Waals surface area contributed by atoms with Crippen LogP contribution in [0.2, 0.25) is 0 Å². The second-order valence-electron chi connectivity index (χ2n) is 6.41. The second-order valence-corrected chi connectivity index (χ2v) is 6.41. The summed E-state index contributed by atoms with van der Waals surface area (Å²) < 4.78 is 14.8. The van der Waals surface area contributed by atoms with Crippen molar-refractivity contribution < 1.29 is 28.6 Å². The van der Waals surface area contributed by atoms with Gasteiger partial charge in [-0.3, -0.25) is 4.79 Å². The molecule has 0 aliphatic heterocycles. The normalized spacial score (nSPS) is 12.0. The zero-order valence-electron chi connectivity index (χ0n) is 15.3. The summed E-state index contributed by atoms with van der Waals surface area (Å²) in [5, 5.41) is 2.44. The highest BCUT2D eigenvalue weighted by molar-refractivity contribution is 5.96. The van der Waals surface area contributed by atoms with Gasteiger partial charge in [-0.1, -0.05) is 0 Å². The van der Waals surface area contributed by atoms with Gasteiger partial charge in [0.05, 0.1) is 14.2 Å². The summed E-state index contributed by atoms with van der Waals surface area (Å²) in [5.41, 5.74) is -0.189. The van der Waals surface area contributed by atoms with E-state index < -0.39 is 23.7 Å². The highest BCUT2D eigenvalue weighted by Crippen LogP contribution is 2.14. The average molecular weight is 351 g/mol. The molecule has 1 rings (SSSR count). The number of esters is 1. The molecular formula is C18H25NO6. The summed E-state index contributed by atoms with van der Waals surface area (Å²) in [4.78, 5) is 35.9. The summed E-state index contributed by atoms with van der Waals surface area (Å²) in [6.07, 6.45) is -0.557. The molecule has 0 radical (unpaired) electrons. The molecule has 0 aliphatic rings. The minimum atomic E-state index is -0.956. The van der Waals surface area contributed by atoms with Gasteiger partial charge in [-0.05, 0) is 51.5 Å². The number of ether oxygens (including phenoxy) is 3. The van der Waals surface area contributed by atoms with E-state index >= 15 is 0 Å². The van der Waals surface area contributed by atoms with Crippen LogP contribution in [0.15, 0.2) is 24.3 Å². The number of Topliss-reactive ketones (excluding diaryl/α,β-unsaturated/α-hetero) is 1. The molecule has 0 saturated carbocycles. The Kier molecular flexibility index (Phi) is 7.42. The van der Waals surface area contributed by atoms with Gasteiger partial charge in [0.2, 0.25) is 0 Å². The van der Waals surface area contributed by atoms with Crippen LogP contribution in [0, 0.1) is 0 Å². The number of nitrogens with one attached hydrogen (secondary N) is 1. The van der Waals surface area contributed by atoms with Crippen LogP contribution < -0.4 is 10.1 Å². The lowest BCUT2D eigenvalue weighted by Gasteiger charge is -2.22. The molecule has 0 saturated heterocycles. The summed E-state index contributed by atoms with van der Waals surface area (Å²) in [5.74, 6) is -0.133. The Morgan fingerprint density at radius 3 is 2.16 bits per heavy atom. The van der Waals surface area contributed by atoms with E-state index in [2.05, 4.69) is 10.1 Å². The van der Waals surface area contributed by atoms with Crippen molar-refractivity contribution in [2.75, 3.05) is 14.2 Å². The fourth-order valence-electron chi connectivity index (χ4n) is 2.04. The van der Waals surface area contributed by atoms with Crippen LogP contribution in [-0.2, 0) is 14.3 Å². The molecular weight excluding hydrogens is 326 g/mol. The quantitative estimate of drug-likeness (QED) is 0.600. The standard InChI is InChI=1S/C18H25NO6/c1-18(2,3)25-17(22)19-14(16(21)24-5)10-11-15(20)12-6-8-13(23-4)9-7-12/h6-9,14H,10-11H2,1-5H3,(H,19,22). The van der Waals surface area contributed by atoms with Crippen molar-refractivity contribution >= 4 is 17.8 Å². The highest BCUT2D eigenvalue weighted by atomic mass is 16.6. The first-order valence-electron chi connectivity index (χ1n) is 7.91. The van der Waals surface area contributed by atoms with Crippen LogP contribution in [0.25, 0.3) is 0 Å². The molecule has 1 N–H and O–H groups in total. The third-order valence-electron chi connectivity index (χ3n) is 3.25. The zero-order chi connectivity index (χ0) is 19.0. The van der Waals surface area contributed by atoms with Gasteiger partial charge >= 0.3 is 12.1 Å². The Morgan fingerprint density at radius 1 is 1.08 bits per heavy atom. The average Bonchev–Trinajstić information content (AvgIpc) is 2.56. The summed E-state index contributed by atoms with van der Waals surface area (Å²) in [6.45, 7) is 5.15. The minimum Gasteiger partial charge on any atom is -0.497 e. The SMILES string of the molecule is COC(=O)C(CCC(=O)c1ccc(OC)cc1)NC(=O)OC(C)(C)C. The Hall–Kier alpha value is -2.57. The molecule has 1 amide bonds. The van der Waals surface area contributed by atoms with Crippen molar-refractivity contribution in [2.24, 2.45) is 0 Å². The van der Waals surface area contributed by atoms with E-state index in [1.54, 1.807) is 52.1 Å². The van der Waals surface area contributed by atoms with E-state index in [4.69, 9.17) is 9.47 Å². The largest absolute Gasteiger partial charge is 0.497 e. The number of carbonyl (C=O) groups excluding carboxylic acids is 3. The molecule has 0 spiro atoms. The van der Waals surface area contributed by atoms with Crippen LogP contribution in [0.4, 0.5) is 4.79 Å².